The van der Waals surface area contributed by atoms with Gasteiger partial charge in [-0.25, -0.2) is 0 Å². The number of carbonyl (C=O) groups is 1. The number of aliphatic hydroxyl groups is 2. The van der Waals surface area contributed by atoms with Crippen molar-refractivity contribution in [2.75, 3.05) is 13.2 Å². The van der Waals surface area contributed by atoms with E-state index >= 15 is 0 Å². The fourth-order valence-corrected chi connectivity index (χ4v) is 4.17. The van der Waals surface area contributed by atoms with Crippen molar-refractivity contribution in [1.82, 2.24) is 4.98 Å². The summed E-state index contributed by atoms with van der Waals surface area (Å²) in [6.07, 6.45) is 3.05. The second kappa shape index (κ2) is 9.38. The molecule has 4 nitrogen and oxygen atoms in total. The van der Waals surface area contributed by atoms with Gasteiger partial charge in [-0.2, -0.15) is 0 Å². The van der Waals surface area contributed by atoms with E-state index in [0.29, 0.717) is 24.3 Å². The van der Waals surface area contributed by atoms with Crippen LogP contribution < -0.4 is 0 Å². The number of aromatic nitrogens is 1. The molecular weight excluding hydrogens is 362 g/mol. The molecule has 0 aliphatic rings. The van der Waals surface area contributed by atoms with Crippen molar-refractivity contribution >= 4 is 17.2 Å². The van der Waals surface area contributed by atoms with Crippen LogP contribution in [0.3, 0.4) is 0 Å². The number of rotatable bonds is 9. The molecule has 2 aromatic carbocycles. The van der Waals surface area contributed by atoms with Gasteiger partial charge in [0, 0.05) is 41.3 Å². The standard InChI is InChI=1S/C25H31NO3/c1-4-18(8-10-27)24-21(9-11-28)23-14-20(16(2)3)13-22(25(23)26-24)19-7-5-6-17(12-19)15-29/h5-7,12-16,18,26-28H,4,8-11H2,1-3H3. The van der Waals surface area contributed by atoms with Gasteiger partial charge in [0.15, 0.2) is 0 Å². The fourth-order valence-electron chi connectivity index (χ4n) is 4.17. The van der Waals surface area contributed by atoms with Crippen LogP contribution in [0.15, 0.2) is 36.4 Å². The number of H-pyrrole nitrogens is 1. The van der Waals surface area contributed by atoms with Crippen LogP contribution in [0.4, 0.5) is 0 Å². The molecule has 0 bridgehead atoms. The number of hydrogen-bond donors (Lipinski definition) is 3. The number of carbonyl (C=O) groups excluding carboxylic acids is 1. The molecule has 0 aliphatic heterocycles. The Labute approximate surface area is 172 Å². The van der Waals surface area contributed by atoms with Gasteiger partial charge in [0.2, 0.25) is 0 Å². The van der Waals surface area contributed by atoms with Gasteiger partial charge in [-0.3, -0.25) is 4.79 Å². The second-order valence-electron chi connectivity index (χ2n) is 8.00. The van der Waals surface area contributed by atoms with Crippen LogP contribution in [0.1, 0.15) is 72.6 Å². The Hall–Kier alpha value is -2.43. The summed E-state index contributed by atoms with van der Waals surface area (Å²) >= 11 is 0. The summed E-state index contributed by atoms with van der Waals surface area (Å²) in [5.41, 5.74) is 7.23. The van der Waals surface area contributed by atoms with Gasteiger partial charge in [0.25, 0.3) is 0 Å². The molecule has 3 rings (SSSR count). The molecule has 29 heavy (non-hydrogen) atoms. The normalized spacial score (nSPS) is 12.6. The lowest BCUT2D eigenvalue weighted by Gasteiger charge is -2.14. The average Bonchev–Trinajstić information content (AvgIpc) is 3.09. The van der Waals surface area contributed by atoms with Gasteiger partial charge < -0.3 is 15.2 Å². The Morgan fingerprint density at radius 1 is 1.10 bits per heavy atom. The Morgan fingerprint density at radius 2 is 1.90 bits per heavy atom. The molecule has 1 atom stereocenters. The summed E-state index contributed by atoms with van der Waals surface area (Å²) in [5, 5.41) is 20.4. The minimum absolute atomic E-state index is 0.0807. The largest absolute Gasteiger partial charge is 0.396 e. The molecule has 0 saturated heterocycles. The van der Waals surface area contributed by atoms with E-state index in [0.717, 1.165) is 46.0 Å². The first kappa shape index (κ1) is 21.3. The lowest BCUT2D eigenvalue weighted by Crippen LogP contribution is -2.05. The average molecular weight is 394 g/mol. The zero-order valence-corrected chi connectivity index (χ0v) is 17.5. The highest BCUT2D eigenvalue weighted by Gasteiger charge is 2.21. The second-order valence-corrected chi connectivity index (χ2v) is 8.00. The maximum Gasteiger partial charge on any atom is 0.150 e. The van der Waals surface area contributed by atoms with Crippen molar-refractivity contribution in [1.29, 1.82) is 0 Å². The van der Waals surface area contributed by atoms with E-state index in [4.69, 9.17) is 0 Å². The van der Waals surface area contributed by atoms with Crippen molar-refractivity contribution < 1.29 is 15.0 Å². The SMILES string of the molecule is CCC(CCO)c1[nH]c2c(-c3cccc(C=O)c3)cc(C(C)C)cc2c1CCO. The van der Waals surface area contributed by atoms with Gasteiger partial charge in [-0.05, 0) is 60.1 Å². The third-order valence-electron chi connectivity index (χ3n) is 5.81. The molecule has 0 amide bonds. The lowest BCUT2D eigenvalue weighted by molar-refractivity contribution is 0.112. The topological polar surface area (TPSA) is 73.3 Å². The zero-order chi connectivity index (χ0) is 21.0. The van der Waals surface area contributed by atoms with Crippen molar-refractivity contribution in [2.45, 2.75) is 51.9 Å². The Morgan fingerprint density at radius 3 is 2.52 bits per heavy atom. The van der Waals surface area contributed by atoms with E-state index in [1.165, 1.54) is 5.56 Å². The quantitative estimate of drug-likeness (QED) is 0.439. The molecule has 0 radical (unpaired) electrons. The van der Waals surface area contributed by atoms with E-state index in [1.807, 2.05) is 24.3 Å². The van der Waals surface area contributed by atoms with Gasteiger partial charge >= 0.3 is 0 Å². The Bertz CT molecular complexity index is 987. The number of aldehydes is 1. The highest BCUT2D eigenvalue weighted by molar-refractivity contribution is 5.98. The predicted octanol–water partition coefficient (Wildman–Crippen LogP) is 5.18. The molecule has 0 fully saturated rings. The first-order valence-electron chi connectivity index (χ1n) is 10.5. The molecule has 154 valence electrons. The Balaban J connectivity index is 2.33. The van der Waals surface area contributed by atoms with Gasteiger partial charge in [0.1, 0.15) is 6.29 Å². The minimum atomic E-state index is 0.0807. The molecule has 3 aromatic rings. The van der Waals surface area contributed by atoms with Gasteiger partial charge in [-0.1, -0.05) is 39.0 Å². The van der Waals surface area contributed by atoms with E-state index < -0.39 is 0 Å². The molecule has 1 unspecified atom stereocenters. The number of nitrogens with one attached hydrogen (secondary N) is 1. The molecule has 3 N–H and O–H groups in total. The monoisotopic (exact) mass is 393 g/mol. The predicted molar refractivity (Wildman–Crippen MR) is 119 cm³/mol. The maximum absolute atomic E-state index is 11.3. The van der Waals surface area contributed by atoms with Gasteiger partial charge in [0.05, 0.1) is 5.52 Å². The minimum Gasteiger partial charge on any atom is -0.396 e. The number of benzene rings is 2. The molecule has 1 aromatic heterocycles. The zero-order valence-electron chi connectivity index (χ0n) is 17.5. The van der Waals surface area contributed by atoms with Crippen molar-refractivity contribution in [3.63, 3.8) is 0 Å². The summed E-state index contributed by atoms with van der Waals surface area (Å²) in [5.74, 6) is 0.567. The molecule has 0 saturated carbocycles. The first-order chi connectivity index (χ1) is 14.0. The molecule has 0 aliphatic carbocycles. The number of aliphatic hydroxyl groups excluding tert-OH is 2. The maximum atomic E-state index is 11.3. The summed E-state index contributed by atoms with van der Waals surface area (Å²) in [6, 6.07) is 12.1. The summed E-state index contributed by atoms with van der Waals surface area (Å²) in [4.78, 5) is 15.0. The Kier molecular flexibility index (Phi) is 6.88. The number of hydrogen-bond acceptors (Lipinski definition) is 3. The van der Waals surface area contributed by atoms with Crippen LogP contribution in [0.5, 0.6) is 0 Å². The lowest BCUT2D eigenvalue weighted by atomic mass is 9.90. The van der Waals surface area contributed by atoms with Crippen LogP contribution in [-0.2, 0) is 6.42 Å². The molecule has 4 heteroatoms. The highest BCUT2D eigenvalue weighted by Crippen LogP contribution is 2.38. The van der Waals surface area contributed by atoms with E-state index in [-0.39, 0.29) is 19.1 Å². The van der Waals surface area contributed by atoms with Gasteiger partial charge in [-0.15, -0.1) is 0 Å². The fraction of sp³-hybridized carbons (Fsp3) is 0.400. The number of aromatic amines is 1. The molecular formula is C25H31NO3. The third kappa shape index (κ3) is 4.29. The van der Waals surface area contributed by atoms with Crippen molar-refractivity contribution in [2.24, 2.45) is 0 Å². The van der Waals surface area contributed by atoms with E-state index in [1.54, 1.807) is 0 Å². The third-order valence-corrected chi connectivity index (χ3v) is 5.81. The van der Waals surface area contributed by atoms with Crippen molar-refractivity contribution in [3.8, 4) is 11.1 Å². The number of fused-ring (bicyclic) bond motifs is 1. The van der Waals surface area contributed by atoms with Crippen LogP contribution >= 0.6 is 0 Å². The first-order valence-corrected chi connectivity index (χ1v) is 10.5. The summed E-state index contributed by atoms with van der Waals surface area (Å²) in [6.45, 7) is 6.69. The molecule has 0 spiro atoms. The smallest absolute Gasteiger partial charge is 0.150 e. The van der Waals surface area contributed by atoms with E-state index in [2.05, 4.69) is 37.9 Å². The van der Waals surface area contributed by atoms with Crippen LogP contribution in [-0.4, -0.2) is 34.7 Å². The van der Waals surface area contributed by atoms with Crippen LogP contribution in [0.2, 0.25) is 0 Å². The van der Waals surface area contributed by atoms with Crippen molar-refractivity contribution in [3.05, 3.63) is 58.8 Å². The van der Waals surface area contributed by atoms with Crippen LogP contribution in [0, 0.1) is 0 Å². The van der Waals surface area contributed by atoms with E-state index in [9.17, 15) is 15.0 Å². The van der Waals surface area contributed by atoms with Crippen LogP contribution in [0.25, 0.3) is 22.0 Å². The highest BCUT2D eigenvalue weighted by atomic mass is 16.3. The summed E-state index contributed by atoms with van der Waals surface area (Å²) in [7, 11) is 0. The molecule has 1 heterocycles. The summed E-state index contributed by atoms with van der Waals surface area (Å²) < 4.78 is 0.